The van der Waals surface area contributed by atoms with Crippen molar-refractivity contribution in [2.45, 2.75) is 19.8 Å². The van der Waals surface area contributed by atoms with E-state index in [0.29, 0.717) is 22.0 Å². The molecule has 0 saturated carbocycles. The summed E-state index contributed by atoms with van der Waals surface area (Å²) in [5.74, 6) is -0.294. The highest BCUT2D eigenvalue weighted by Crippen LogP contribution is 2.48. The molecule has 2 aromatic carbocycles. The Balaban J connectivity index is 2.27. The molecule has 0 radical (unpaired) electrons. The third-order valence-corrected chi connectivity index (χ3v) is 5.14. The third-order valence-electron chi connectivity index (χ3n) is 4.31. The number of rotatable bonds is 4. The monoisotopic (exact) mass is 373 g/mol. The number of benzene rings is 2. The first kappa shape index (κ1) is 17.6. The van der Waals surface area contributed by atoms with E-state index in [1.165, 1.54) is 0 Å². The maximum atomic E-state index is 11.6. The molecule has 0 aliphatic heterocycles. The van der Waals surface area contributed by atoms with Gasteiger partial charge in [0.05, 0.1) is 16.5 Å². The van der Waals surface area contributed by atoms with Gasteiger partial charge in [-0.3, -0.25) is 4.79 Å². The minimum absolute atomic E-state index is 0.0777. The summed E-state index contributed by atoms with van der Waals surface area (Å²) in [6.07, 6.45) is 2.72. The molecular formula is C20H17Cl2NO2. The largest absolute Gasteiger partial charge is 0.507 e. The van der Waals surface area contributed by atoms with E-state index in [1.54, 1.807) is 18.2 Å². The van der Waals surface area contributed by atoms with E-state index in [2.05, 4.69) is 0 Å². The van der Waals surface area contributed by atoms with Crippen molar-refractivity contribution in [3.05, 3.63) is 68.7 Å². The summed E-state index contributed by atoms with van der Waals surface area (Å²) >= 11 is 12.4. The molecule has 0 aromatic heterocycles. The zero-order valence-electron chi connectivity index (χ0n) is 13.6. The summed E-state index contributed by atoms with van der Waals surface area (Å²) in [6.45, 7) is 2.01. The fourth-order valence-electron chi connectivity index (χ4n) is 3.28. The predicted molar refractivity (Wildman–Crippen MR) is 103 cm³/mol. The lowest BCUT2D eigenvalue weighted by Crippen LogP contribution is -2.11. The van der Waals surface area contributed by atoms with Crippen molar-refractivity contribution in [1.82, 2.24) is 0 Å². The van der Waals surface area contributed by atoms with Gasteiger partial charge >= 0.3 is 0 Å². The lowest BCUT2D eigenvalue weighted by Gasteiger charge is -2.08. The summed E-state index contributed by atoms with van der Waals surface area (Å²) < 4.78 is 0. The van der Waals surface area contributed by atoms with Crippen molar-refractivity contribution in [3.8, 4) is 5.75 Å². The van der Waals surface area contributed by atoms with E-state index < -0.39 is 5.91 Å². The van der Waals surface area contributed by atoms with Gasteiger partial charge in [-0.2, -0.15) is 0 Å². The average Bonchev–Trinajstić information content (AvgIpc) is 2.85. The summed E-state index contributed by atoms with van der Waals surface area (Å²) in [6, 6.07) is 10.8. The van der Waals surface area contributed by atoms with Crippen LogP contribution >= 0.6 is 23.2 Å². The van der Waals surface area contributed by atoms with Gasteiger partial charge in [0.15, 0.2) is 0 Å². The van der Waals surface area contributed by atoms with E-state index in [-0.39, 0.29) is 12.2 Å². The highest BCUT2D eigenvalue weighted by atomic mass is 35.5. The summed E-state index contributed by atoms with van der Waals surface area (Å²) in [5, 5.41) is 11.3. The Morgan fingerprint density at radius 2 is 1.88 bits per heavy atom. The molecule has 3 N–H and O–H groups in total. The molecule has 0 bridgehead atoms. The van der Waals surface area contributed by atoms with Gasteiger partial charge in [0, 0.05) is 5.56 Å². The number of aromatic hydroxyl groups is 1. The van der Waals surface area contributed by atoms with Gasteiger partial charge in [-0.25, -0.2) is 0 Å². The quantitative estimate of drug-likeness (QED) is 0.764. The Hall–Kier alpha value is -2.23. The molecule has 0 fully saturated rings. The first-order chi connectivity index (χ1) is 11.9. The molecule has 0 saturated heterocycles. The first-order valence-corrected chi connectivity index (χ1v) is 8.68. The van der Waals surface area contributed by atoms with Crippen LogP contribution in [-0.2, 0) is 4.79 Å². The van der Waals surface area contributed by atoms with Gasteiger partial charge in [-0.05, 0) is 52.5 Å². The van der Waals surface area contributed by atoms with E-state index >= 15 is 0 Å². The zero-order valence-corrected chi connectivity index (χ0v) is 15.2. The normalized spacial score (nSPS) is 14.9. The molecule has 3 nitrogen and oxygen atoms in total. The number of carbonyl (C=O) groups is 1. The van der Waals surface area contributed by atoms with Crippen LogP contribution in [-0.4, -0.2) is 11.0 Å². The Morgan fingerprint density at radius 3 is 2.56 bits per heavy atom. The highest BCUT2D eigenvalue weighted by molar-refractivity contribution is 6.43. The van der Waals surface area contributed by atoms with Crippen molar-refractivity contribution >= 4 is 46.3 Å². The highest BCUT2D eigenvalue weighted by Gasteiger charge is 2.28. The van der Waals surface area contributed by atoms with Crippen molar-refractivity contribution in [2.75, 3.05) is 0 Å². The number of phenols is 1. The lowest BCUT2D eigenvalue weighted by atomic mass is 9.98. The second-order valence-electron chi connectivity index (χ2n) is 5.85. The molecule has 1 aliphatic rings. The minimum atomic E-state index is -0.433. The van der Waals surface area contributed by atoms with Crippen LogP contribution < -0.4 is 5.73 Å². The molecule has 0 unspecified atom stereocenters. The Bertz CT molecular complexity index is 929. The molecule has 1 amide bonds. The second kappa shape index (κ2) is 6.95. The maximum Gasteiger partial charge on any atom is 0.221 e. The fraction of sp³-hybridized carbons (Fsp3) is 0.150. The molecular weight excluding hydrogens is 357 g/mol. The Morgan fingerprint density at radius 1 is 1.16 bits per heavy atom. The van der Waals surface area contributed by atoms with Gasteiger partial charge in [-0.1, -0.05) is 54.4 Å². The number of allylic oxidation sites excluding steroid dienone is 2. The summed E-state index contributed by atoms with van der Waals surface area (Å²) in [4.78, 5) is 11.6. The topological polar surface area (TPSA) is 63.3 Å². The van der Waals surface area contributed by atoms with Crippen LogP contribution in [0.15, 0.2) is 42.0 Å². The van der Waals surface area contributed by atoms with Crippen LogP contribution in [0, 0.1) is 0 Å². The Kier molecular flexibility index (Phi) is 4.89. The summed E-state index contributed by atoms with van der Waals surface area (Å²) in [7, 11) is 0. The number of amides is 1. The van der Waals surface area contributed by atoms with Crippen molar-refractivity contribution in [2.24, 2.45) is 5.73 Å². The maximum absolute atomic E-state index is 11.6. The number of nitrogens with two attached hydrogens (primary N) is 1. The zero-order chi connectivity index (χ0) is 18.1. The molecule has 25 heavy (non-hydrogen) atoms. The molecule has 128 valence electrons. The van der Waals surface area contributed by atoms with Crippen molar-refractivity contribution in [3.63, 3.8) is 0 Å². The van der Waals surface area contributed by atoms with E-state index in [4.69, 9.17) is 28.9 Å². The Labute approximate surface area is 156 Å². The number of fused-ring (bicyclic) bond motifs is 1. The van der Waals surface area contributed by atoms with Gasteiger partial charge in [0.1, 0.15) is 5.75 Å². The summed E-state index contributed by atoms with van der Waals surface area (Å²) in [5.41, 5.74) is 10.4. The molecule has 3 rings (SSSR count). The number of carbonyl (C=O) groups excluding carboxylic acids is 1. The smallest absolute Gasteiger partial charge is 0.221 e. The van der Waals surface area contributed by atoms with Crippen LogP contribution in [0.2, 0.25) is 10.0 Å². The fourth-order valence-corrected chi connectivity index (χ4v) is 3.65. The second-order valence-corrected chi connectivity index (χ2v) is 6.64. The first-order valence-electron chi connectivity index (χ1n) is 7.93. The molecule has 0 heterocycles. The molecule has 0 atom stereocenters. The van der Waals surface area contributed by atoms with Crippen molar-refractivity contribution < 1.29 is 9.90 Å². The van der Waals surface area contributed by atoms with Crippen molar-refractivity contribution in [1.29, 1.82) is 0 Å². The van der Waals surface area contributed by atoms with Crippen LogP contribution in [0.4, 0.5) is 0 Å². The van der Waals surface area contributed by atoms with Crippen LogP contribution in [0.25, 0.3) is 17.2 Å². The van der Waals surface area contributed by atoms with Gasteiger partial charge < -0.3 is 10.8 Å². The van der Waals surface area contributed by atoms with Crippen LogP contribution in [0.5, 0.6) is 5.75 Å². The minimum Gasteiger partial charge on any atom is -0.507 e. The van der Waals surface area contributed by atoms with Crippen LogP contribution in [0.1, 0.15) is 36.5 Å². The number of phenolic OH excluding ortho intramolecular Hbond substituents is 1. The number of hydrogen-bond acceptors (Lipinski definition) is 2. The van der Waals surface area contributed by atoms with Gasteiger partial charge in [0.2, 0.25) is 5.91 Å². The molecule has 2 aromatic rings. The molecule has 5 heteroatoms. The van der Waals surface area contributed by atoms with E-state index in [9.17, 15) is 9.90 Å². The molecule has 0 spiro atoms. The number of hydrogen-bond donors (Lipinski definition) is 2. The lowest BCUT2D eigenvalue weighted by molar-refractivity contribution is -0.117. The van der Waals surface area contributed by atoms with E-state index in [1.807, 2.05) is 31.2 Å². The van der Waals surface area contributed by atoms with E-state index in [0.717, 1.165) is 27.8 Å². The van der Waals surface area contributed by atoms with Crippen LogP contribution in [0.3, 0.4) is 0 Å². The molecule has 1 aliphatic carbocycles. The third kappa shape index (κ3) is 3.17. The standard InChI is InChI=1S/C20H17Cl2NO2/c1-2-12-14(9-11-5-3-7-16(21)20(11)22)13-6-4-8-17(24)19(13)15(12)10-18(23)25/h3-9,24H,2,10H2,1H3,(H2,23,25)/b14-9-. The number of halogens is 2. The van der Waals surface area contributed by atoms with Gasteiger partial charge in [-0.15, -0.1) is 0 Å². The average molecular weight is 374 g/mol. The van der Waals surface area contributed by atoms with Gasteiger partial charge in [0.25, 0.3) is 0 Å². The predicted octanol–water partition coefficient (Wildman–Crippen LogP) is 5.29. The number of primary amides is 1. The SMILES string of the molecule is CCC1=C(CC(N)=O)c2c(O)cccc2/C1=C\c1cccc(Cl)c1Cl.